The first kappa shape index (κ1) is 17.2. The second-order valence-corrected chi connectivity index (χ2v) is 6.17. The Hall–Kier alpha value is -2.66. The predicted molar refractivity (Wildman–Crippen MR) is 103 cm³/mol. The molecule has 0 amide bonds. The van der Waals surface area contributed by atoms with Crippen molar-refractivity contribution >= 4 is 29.1 Å². The first-order chi connectivity index (χ1) is 12.2. The van der Waals surface area contributed by atoms with Crippen LogP contribution in [0, 0.1) is 0 Å². The molecule has 0 aliphatic rings. The smallest absolute Gasteiger partial charge is 0.225 e. The Labute approximate surface area is 152 Å². The average molecular weight is 354 g/mol. The quantitative estimate of drug-likeness (QED) is 0.642. The van der Waals surface area contributed by atoms with Gasteiger partial charge >= 0.3 is 0 Å². The Morgan fingerprint density at radius 1 is 1.12 bits per heavy atom. The Kier molecular flexibility index (Phi) is 5.46. The van der Waals surface area contributed by atoms with Crippen LogP contribution in [0.2, 0.25) is 5.02 Å². The van der Waals surface area contributed by atoms with E-state index in [9.17, 15) is 0 Å². The summed E-state index contributed by atoms with van der Waals surface area (Å²) in [6, 6.07) is 13.6. The lowest BCUT2D eigenvalue weighted by Crippen LogP contribution is -2.16. The maximum Gasteiger partial charge on any atom is 0.225 e. The van der Waals surface area contributed by atoms with Gasteiger partial charge in [-0.05, 0) is 37.6 Å². The van der Waals surface area contributed by atoms with E-state index in [1.165, 1.54) is 0 Å². The molecule has 3 rings (SSSR count). The van der Waals surface area contributed by atoms with Crippen LogP contribution in [0.1, 0.15) is 20.3 Å². The number of benzene rings is 1. The molecular formula is C19H20ClN5. The number of halogens is 1. The number of nitrogens with one attached hydrogen (secondary N) is 2. The molecule has 0 unspecified atom stereocenters. The van der Waals surface area contributed by atoms with Crippen molar-refractivity contribution in [2.45, 2.75) is 26.3 Å². The zero-order valence-electron chi connectivity index (χ0n) is 14.2. The van der Waals surface area contributed by atoms with Crippen molar-refractivity contribution in [2.24, 2.45) is 0 Å². The van der Waals surface area contributed by atoms with E-state index in [0.29, 0.717) is 16.8 Å². The maximum absolute atomic E-state index is 6.25. The molecule has 0 bridgehead atoms. The number of para-hydroxylation sites is 1. The van der Waals surface area contributed by atoms with Crippen LogP contribution in [-0.4, -0.2) is 21.0 Å². The summed E-state index contributed by atoms with van der Waals surface area (Å²) in [6.07, 6.45) is 4.51. The number of aromatic nitrogens is 3. The number of hydrogen-bond acceptors (Lipinski definition) is 5. The van der Waals surface area contributed by atoms with E-state index in [-0.39, 0.29) is 6.04 Å². The minimum atomic E-state index is 0.275. The average Bonchev–Trinajstić information content (AvgIpc) is 2.64. The Balaban J connectivity index is 1.99. The molecule has 0 spiro atoms. The molecule has 5 nitrogen and oxygen atoms in total. The summed E-state index contributed by atoms with van der Waals surface area (Å²) in [5.74, 6) is 1.25. The molecule has 3 aromatic rings. The van der Waals surface area contributed by atoms with Gasteiger partial charge in [-0.3, -0.25) is 4.98 Å². The highest BCUT2D eigenvalue weighted by molar-refractivity contribution is 6.33. The monoisotopic (exact) mass is 353 g/mol. The molecule has 0 saturated carbocycles. The van der Waals surface area contributed by atoms with Crippen LogP contribution in [0.15, 0.2) is 54.9 Å². The summed E-state index contributed by atoms with van der Waals surface area (Å²) in [4.78, 5) is 13.4. The summed E-state index contributed by atoms with van der Waals surface area (Å²) in [7, 11) is 0. The molecule has 1 atom stereocenters. The van der Waals surface area contributed by atoms with E-state index in [0.717, 1.165) is 23.4 Å². The Morgan fingerprint density at radius 3 is 2.68 bits per heavy atom. The van der Waals surface area contributed by atoms with Gasteiger partial charge < -0.3 is 10.6 Å². The molecule has 0 fully saturated rings. The minimum Gasteiger partial charge on any atom is -0.352 e. The van der Waals surface area contributed by atoms with Crippen LogP contribution in [0.5, 0.6) is 0 Å². The second-order valence-electron chi connectivity index (χ2n) is 5.76. The molecule has 2 aromatic heterocycles. The zero-order valence-corrected chi connectivity index (χ0v) is 15.0. The van der Waals surface area contributed by atoms with Gasteiger partial charge in [0.1, 0.15) is 5.82 Å². The fraction of sp³-hybridized carbons (Fsp3) is 0.211. The molecular weight excluding hydrogens is 334 g/mol. The molecule has 1 aromatic carbocycles. The third-order valence-corrected chi connectivity index (χ3v) is 4.14. The molecule has 0 saturated heterocycles. The minimum absolute atomic E-state index is 0.275. The zero-order chi connectivity index (χ0) is 17.6. The van der Waals surface area contributed by atoms with Crippen LogP contribution in [0.3, 0.4) is 0 Å². The fourth-order valence-corrected chi connectivity index (χ4v) is 2.44. The van der Waals surface area contributed by atoms with Gasteiger partial charge in [-0.1, -0.05) is 30.7 Å². The van der Waals surface area contributed by atoms with E-state index in [4.69, 9.17) is 11.6 Å². The van der Waals surface area contributed by atoms with Gasteiger partial charge in [0, 0.05) is 30.1 Å². The first-order valence-corrected chi connectivity index (χ1v) is 8.61. The van der Waals surface area contributed by atoms with Crippen molar-refractivity contribution in [1.29, 1.82) is 0 Å². The van der Waals surface area contributed by atoms with Crippen molar-refractivity contribution in [2.75, 3.05) is 10.6 Å². The number of hydrogen-bond donors (Lipinski definition) is 2. The highest BCUT2D eigenvalue weighted by Crippen LogP contribution is 2.27. The van der Waals surface area contributed by atoms with Gasteiger partial charge in [0.05, 0.1) is 16.4 Å². The topological polar surface area (TPSA) is 62.7 Å². The SMILES string of the molecule is CC[C@H](C)Nc1nc(Nc2ccccc2Cl)cc(-c2cccnc2)n1. The normalized spacial score (nSPS) is 11.8. The van der Waals surface area contributed by atoms with Gasteiger partial charge in [-0.25, -0.2) is 4.98 Å². The third kappa shape index (κ3) is 4.45. The van der Waals surface area contributed by atoms with E-state index in [2.05, 4.69) is 39.4 Å². The lowest BCUT2D eigenvalue weighted by Gasteiger charge is -2.15. The lowest BCUT2D eigenvalue weighted by molar-refractivity contribution is 0.753. The molecule has 0 aliphatic heterocycles. The number of anilines is 3. The van der Waals surface area contributed by atoms with Gasteiger partial charge in [-0.2, -0.15) is 4.98 Å². The highest BCUT2D eigenvalue weighted by Gasteiger charge is 2.10. The van der Waals surface area contributed by atoms with Crippen LogP contribution < -0.4 is 10.6 Å². The highest BCUT2D eigenvalue weighted by atomic mass is 35.5. The van der Waals surface area contributed by atoms with Crippen LogP contribution in [0.25, 0.3) is 11.3 Å². The predicted octanol–water partition coefficient (Wildman–Crippen LogP) is 5.15. The van der Waals surface area contributed by atoms with E-state index in [1.807, 2.05) is 42.5 Å². The van der Waals surface area contributed by atoms with Crippen molar-refractivity contribution in [3.8, 4) is 11.3 Å². The van der Waals surface area contributed by atoms with Crippen molar-refractivity contribution in [3.63, 3.8) is 0 Å². The van der Waals surface area contributed by atoms with E-state index in [1.54, 1.807) is 12.4 Å². The Morgan fingerprint density at radius 2 is 1.96 bits per heavy atom. The largest absolute Gasteiger partial charge is 0.352 e. The second kappa shape index (κ2) is 7.94. The Bertz CT molecular complexity index is 838. The standard InChI is InChI=1S/C19H20ClN5/c1-3-13(2)22-19-24-17(14-7-6-10-21-12-14)11-18(25-19)23-16-9-5-4-8-15(16)20/h4-13H,3H2,1-2H3,(H2,22,23,24,25)/t13-/m0/s1. The van der Waals surface area contributed by atoms with Crippen molar-refractivity contribution < 1.29 is 0 Å². The molecule has 6 heteroatoms. The lowest BCUT2D eigenvalue weighted by atomic mass is 10.2. The summed E-state index contributed by atoms with van der Waals surface area (Å²) < 4.78 is 0. The molecule has 2 N–H and O–H groups in total. The van der Waals surface area contributed by atoms with E-state index >= 15 is 0 Å². The third-order valence-electron chi connectivity index (χ3n) is 3.81. The first-order valence-electron chi connectivity index (χ1n) is 8.23. The van der Waals surface area contributed by atoms with Gasteiger partial charge in [0.2, 0.25) is 5.95 Å². The van der Waals surface area contributed by atoms with Gasteiger partial charge in [0.25, 0.3) is 0 Å². The number of nitrogens with zero attached hydrogens (tertiary/aromatic N) is 3. The summed E-state index contributed by atoms with van der Waals surface area (Å²) in [5, 5.41) is 7.24. The summed E-state index contributed by atoms with van der Waals surface area (Å²) in [6.45, 7) is 4.22. The van der Waals surface area contributed by atoms with Crippen LogP contribution in [-0.2, 0) is 0 Å². The van der Waals surface area contributed by atoms with Crippen LogP contribution in [0.4, 0.5) is 17.5 Å². The maximum atomic E-state index is 6.25. The summed E-state index contributed by atoms with van der Waals surface area (Å²) >= 11 is 6.25. The number of pyridine rings is 1. The van der Waals surface area contributed by atoms with Gasteiger partial charge in [0.15, 0.2) is 0 Å². The summed E-state index contributed by atoms with van der Waals surface area (Å²) in [5.41, 5.74) is 2.53. The van der Waals surface area contributed by atoms with Crippen LogP contribution >= 0.6 is 11.6 Å². The fourth-order valence-electron chi connectivity index (χ4n) is 2.26. The molecule has 2 heterocycles. The van der Waals surface area contributed by atoms with Crippen molar-refractivity contribution in [1.82, 2.24) is 15.0 Å². The molecule has 128 valence electrons. The van der Waals surface area contributed by atoms with Gasteiger partial charge in [-0.15, -0.1) is 0 Å². The van der Waals surface area contributed by atoms with Crippen molar-refractivity contribution in [3.05, 3.63) is 59.9 Å². The number of rotatable bonds is 6. The molecule has 25 heavy (non-hydrogen) atoms. The van der Waals surface area contributed by atoms with E-state index < -0.39 is 0 Å². The molecule has 0 aliphatic carbocycles. The molecule has 0 radical (unpaired) electrons.